The van der Waals surface area contributed by atoms with Crippen LogP contribution in [0.1, 0.15) is 57.8 Å². The molecule has 1 aliphatic carbocycles. The van der Waals surface area contributed by atoms with E-state index in [1.165, 1.54) is 38.5 Å². The maximum Gasteiger partial charge on any atom is 0.118 e. The first-order valence-electron chi connectivity index (χ1n) is 6.75. The molecule has 1 saturated heterocycles. The fourth-order valence-corrected chi connectivity index (χ4v) is 3.11. The molecular weight excluding hydrogens is 189 g/mol. The molecule has 0 aromatic heterocycles. The van der Waals surface area contributed by atoms with E-state index in [-0.39, 0.29) is 6.04 Å². The van der Waals surface area contributed by atoms with Gasteiger partial charge in [0.25, 0.3) is 0 Å². The Morgan fingerprint density at radius 3 is 2.33 bits per heavy atom. The summed E-state index contributed by atoms with van der Waals surface area (Å²) in [6.45, 7) is 1.03. The van der Waals surface area contributed by atoms with Crippen molar-refractivity contribution in [3.8, 4) is 0 Å². The van der Waals surface area contributed by atoms with Crippen molar-refractivity contribution >= 4 is 0 Å². The van der Waals surface area contributed by atoms with Gasteiger partial charge < -0.3 is 5.32 Å². The van der Waals surface area contributed by atoms with Gasteiger partial charge >= 0.3 is 0 Å². The van der Waals surface area contributed by atoms with Crippen molar-refractivity contribution in [2.75, 3.05) is 6.54 Å². The van der Waals surface area contributed by atoms with Crippen LogP contribution in [-0.2, 0) is 0 Å². The molecule has 2 unspecified atom stereocenters. The number of nitrogens with one attached hydrogen (secondary N) is 1. The minimum atomic E-state index is -0.580. The smallest absolute Gasteiger partial charge is 0.118 e. The van der Waals surface area contributed by atoms with Gasteiger partial charge in [-0.05, 0) is 38.1 Å². The first kappa shape index (κ1) is 11.4. The molecule has 2 fully saturated rings. The first-order valence-corrected chi connectivity index (χ1v) is 6.75. The molecule has 1 N–H and O–H groups in total. The normalized spacial score (nSPS) is 32.2. The van der Waals surface area contributed by atoms with E-state index in [4.69, 9.17) is 0 Å². The van der Waals surface area contributed by atoms with Gasteiger partial charge in [-0.3, -0.25) is 0 Å². The van der Waals surface area contributed by atoms with Gasteiger partial charge in [0, 0.05) is 6.04 Å². The average molecular weight is 213 g/mol. The quantitative estimate of drug-likeness (QED) is 0.741. The van der Waals surface area contributed by atoms with Crippen LogP contribution in [0.2, 0.25) is 0 Å². The van der Waals surface area contributed by atoms with Crippen LogP contribution in [0, 0.1) is 5.92 Å². The van der Waals surface area contributed by atoms with E-state index in [1.807, 2.05) is 0 Å². The number of hydrogen-bond donors (Lipinski definition) is 1. The Morgan fingerprint density at radius 2 is 1.53 bits per heavy atom. The molecule has 1 nitrogen and oxygen atoms in total. The predicted molar refractivity (Wildman–Crippen MR) is 61.7 cm³/mol. The SMILES string of the molecule is FC(C1CCCCC1)C1CCCCCN1. The summed E-state index contributed by atoms with van der Waals surface area (Å²) in [4.78, 5) is 0. The third kappa shape index (κ3) is 3.17. The lowest BCUT2D eigenvalue weighted by Crippen LogP contribution is -2.41. The molecule has 0 radical (unpaired) electrons. The molecule has 2 atom stereocenters. The molecule has 2 rings (SSSR count). The molecule has 1 heterocycles. The van der Waals surface area contributed by atoms with E-state index in [2.05, 4.69) is 5.32 Å². The Balaban J connectivity index is 1.83. The minimum absolute atomic E-state index is 0.163. The van der Waals surface area contributed by atoms with Gasteiger partial charge in [-0.1, -0.05) is 32.1 Å². The number of rotatable bonds is 2. The standard InChI is InChI=1S/C13H24FN/c14-13(11-7-3-1-4-8-11)12-9-5-2-6-10-15-12/h11-13,15H,1-10H2. The Bertz CT molecular complexity index is 169. The summed E-state index contributed by atoms with van der Waals surface area (Å²) < 4.78 is 14.3. The highest BCUT2D eigenvalue weighted by molar-refractivity contribution is 4.85. The van der Waals surface area contributed by atoms with Gasteiger partial charge in [0.05, 0.1) is 0 Å². The van der Waals surface area contributed by atoms with Crippen molar-refractivity contribution in [1.29, 1.82) is 0 Å². The maximum atomic E-state index is 14.3. The number of alkyl halides is 1. The molecule has 2 aliphatic rings. The molecule has 88 valence electrons. The van der Waals surface area contributed by atoms with Crippen LogP contribution in [0.3, 0.4) is 0 Å². The van der Waals surface area contributed by atoms with E-state index in [9.17, 15) is 4.39 Å². The zero-order valence-corrected chi connectivity index (χ0v) is 9.68. The van der Waals surface area contributed by atoms with E-state index >= 15 is 0 Å². The third-order valence-corrected chi connectivity index (χ3v) is 4.08. The van der Waals surface area contributed by atoms with E-state index < -0.39 is 6.17 Å². The summed E-state index contributed by atoms with van der Waals surface area (Å²) >= 11 is 0. The Morgan fingerprint density at radius 1 is 0.867 bits per heavy atom. The van der Waals surface area contributed by atoms with Crippen molar-refractivity contribution in [3.63, 3.8) is 0 Å². The topological polar surface area (TPSA) is 12.0 Å². The second-order valence-corrected chi connectivity index (χ2v) is 5.25. The van der Waals surface area contributed by atoms with Crippen LogP contribution in [0.15, 0.2) is 0 Å². The van der Waals surface area contributed by atoms with Gasteiger partial charge in [0.15, 0.2) is 0 Å². The van der Waals surface area contributed by atoms with Crippen LogP contribution in [0.4, 0.5) is 4.39 Å². The summed E-state index contributed by atoms with van der Waals surface area (Å²) in [6.07, 6.45) is 10.3. The van der Waals surface area contributed by atoms with Crippen molar-refractivity contribution in [3.05, 3.63) is 0 Å². The molecule has 0 aromatic carbocycles. The highest BCUT2D eigenvalue weighted by Crippen LogP contribution is 2.31. The molecule has 15 heavy (non-hydrogen) atoms. The van der Waals surface area contributed by atoms with E-state index in [0.29, 0.717) is 5.92 Å². The van der Waals surface area contributed by atoms with Crippen LogP contribution >= 0.6 is 0 Å². The highest BCUT2D eigenvalue weighted by Gasteiger charge is 2.30. The molecule has 1 saturated carbocycles. The van der Waals surface area contributed by atoms with Crippen molar-refractivity contribution in [1.82, 2.24) is 5.32 Å². The van der Waals surface area contributed by atoms with Crippen LogP contribution in [-0.4, -0.2) is 18.8 Å². The molecule has 1 aliphatic heterocycles. The summed E-state index contributed by atoms with van der Waals surface area (Å²) in [5.74, 6) is 0.356. The van der Waals surface area contributed by atoms with Gasteiger partial charge in [-0.15, -0.1) is 0 Å². The van der Waals surface area contributed by atoms with Crippen LogP contribution < -0.4 is 5.32 Å². The van der Waals surface area contributed by atoms with Gasteiger partial charge in [-0.25, -0.2) is 4.39 Å². The Hall–Kier alpha value is -0.110. The van der Waals surface area contributed by atoms with Gasteiger partial charge in [0.1, 0.15) is 6.17 Å². The molecular formula is C13H24FN. The fourth-order valence-electron chi connectivity index (χ4n) is 3.11. The zero-order valence-electron chi connectivity index (χ0n) is 9.68. The molecule has 2 heteroatoms. The lowest BCUT2D eigenvalue weighted by molar-refractivity contribution is 0.134. The molecule has 0 amide bonds. The summed E-state index contributed by atoms with van der Waals surface area (Å²) in [6, 6.07) is 0.163. The Labute approximate surface area is 92.8 Å². The summed E-state index contributed by atoms with van der Waals surface area (Å²) in [5, 5.41) is 3.40. The third-order valence-electron chi connectivity index (χ3n) is 4.08. The zero-order chi connectivity index (χ0) is 10.5. The van der Waals surface area contributed by atoms with Crippen LogP contribution in [0.5, 0.6) is 0 Å². The second-order valence-electron chi connectivity index (χ2n) is 5.25. The summed E-state index contributed by atoms with van der Waals surface area (Å²) in [5.41, 5.74) is 0. The van der Waals surface area contributed by atoms with Crippen molar-refractivity contribution in [2.24, 2.45) is 5.92 Å². The number of hydrogen-bond acceptors (Lipinski definition) is 1. The van der Waals surface area contributed by atoms with E-state index in [0.717, 1.165) is 25.8 Å². The Kier molecular flexibility index (Phi) is 4.42. The van der Waals surface area contributed by atoms with E-state index in [1.54, 1.807) is 0 Å². The monoisotopic (exact) mass is 213 g/mol. The van der Waals surface area contributed by atoms with Crippen molar-refractivity contribution in [2.45, 2.75) is 70.0 Å². The van der Waals surface area contributed by atoms with Crippen LogP contribution in [0.25, 0.3) is 0 Å². The largest absolute Gasteiger partial charge is 0.311 e. The first-order chi connectivity index (χ1) is 7.38. The lowest BCUT2D eigenvalue weighted by Gasteiger charge is -2.30. The molecule has 0 bridgehead atoms. The highest BCUT2D eigenvalue weighted by atomic mass is 19.1. The second kappa shape index (κ2) is 5.83. The number of halogens is 1. The van der Waals surface area contributed by atoms with Crippen molar-refractivity contribution < 1.29 is 4.39 Å². The van der Waals surface area contributed by atoms with Gasteiger partial charge in [-0.2, -0.15) is 0 Å². The summed E-state index contributed by atoms with van der Waals surface area (Å²) in [7, 11) is 0. The minimum Gasteiger partial charge on any atom is -0.311 e. The maximum absolute atomic E-state index is 14.3. The predicted octanol–water partition coefficient (Wildman–Crippen LogP) is 3.44. The lowest BCUT2D eigenvalue weighted by atomic mass is 9.82. The molecule has 0 spiro atoms. The molecule has 0 aromatic rings. The van der Waals surface area contributed by atoms with Gasteiger partial charge in [0.2, 0.25) is 0 Å². The fraction of sp³-hybridized carbons (Fsp3) is 1.00. The average Bonchev–Trinajstić information content (AvgIpc) is 2.58.